The molecule has 33 heavy (non-hydrogen) atoms. The van der Waals surface area contributed by atoms with Gasteiger partial charge in [-0.2, -0.15) is 0 Å². The number of likely N-dealkylation sites (tertiary alicyclic amines) is 2. The second-order valence-electron chi connectivity index (χ2n) is 9.86. The number of hydrogen-bond donors (Lipinski definition) is 1. The van der Waals surface area contributed by atoms with Crippen LogP contribution in [-0.2, 0) is 16.1 Å². The molecule has 0 radical (unpaired) electrons. The molecule has 0 aliphatic carbocycles. The Balaban J connectivity index is 1.30. The number of nitrogens with one attached hydrogen (secondary N) is 1. The van der Waals surface area contributed by atoms with E-state index in [1.54, 1.807) is 9.80 Å². The van der Waals surface area contributed by atoms with Gasteiger partial charge in [0.25, 0.3) is 0 Å². The summed E-state index contributed by atoms with van der Waals surface area (Å²) >= 11 is 0. The number of piperidine rings is 1. The number of amides is 2. The lowest BCUT2D eigenvalue weighted by molar-refractivity contribution is 0.0218. The lowest BCUT2D eigenvalue weighted by Gasteiger charge is -2.31. The Morgan fingerprint density at radius 1 is 1.06 bits per heavy atom. The molecule has 1 aromatic carbocycles. The number of nitrogens with zero attached hydrogens (tertiary/aromatic N) is 3. The fourth-order valence-corrected chi connectivity index (χ4v) is 4.50. The first-order chi connectivity index (χ1) is 15.8. The van der Waals surface area contributed by atoms with E-state index in [1.165, 1.54) is 0 Å². The Hall–Kier alpha value is -3.03. The highest BCUT2D eigenvalue weighted by atomic mass is 16.6. The summed E-state index contributed by atoms with van der Waals surface area (Å²) in [5, 5.41) is 0. The minimum atomic E-state index is -0.519. The maximum atomic E-state index is 12.6. The maximum absolute atomic E-state index is 12.6. The van der Waals surface area contributed by atoms with Crippen LogP contribution in [0.4, 0.5) is 9.59 Å². The van der Waals surface area contributed by atoms with Crippen LogP contribution in [0.2, 0.25) is 0 Å². The number of aromatic nitrogens is 2. The van der Waals surface area contributed by atoms with E-state index in [1.807, 2.05) is 57.3 Å². The summed E-state index contributed by atoms with van der Waals surface area (Å²) in [6.07, 6.45) is 4.84. The molecule has 1 atom stereocenters. The Bertz CT molecular complexity index is 945. The van der Waals surface area contributed by atoms with Gasteiger partial charge in [0, 0.05) is 37.4 Å². The van der Waals surface area contributed by atoms with Crippen molar-refractivity contribution in [3.8, 4) is 0 Å². The van der Waals surface area contributed by atoms with Crippen molar-refractivity contribution in [2.24, 2.45) is 0 Å². The van der Waals surface area contributed by atoms with Crippen LogP contribution in [0.15, 0.2) is 36.5 Å². The van der Waals surface area contributed by atoms with Crippen LogP contribution in [0.3, 0.4) is 0 Å². The third-order valence-corrected chi connectivity index (χ3v) is 6.21. The fraction of sp³-hybridized carbons (Fsp3) is 0.560. The number of aromatic amines is 1. The normalized spacial score (nSPS) is 19.5. The molecule has 0 unspecified atom stereocenters. The molecule has 1 aromatic heterocycles. The van der Waals surface area contributed by atoms with Crippen molar-refractivity contribution in [1.82, 2.24) is 19.8 Å². The molecular formula is C25H34N4O4. The molecule has 2 aliphatic rings. The standard InChI is InChI=1S/C25H34N4O4/c1-25(2,3)33-24(31)29-13-7-10-21(29)22-26-16-20(27-22)19-11-14-28(15-12-19)23(30)32-17-18-8-5-4-6-9-18/h4-6,8-9,16,19,21H,7,10-15,17H2,1-3H3,(H,26,27)/t21-/m1/s1. The lowest BCUT2D eigenvalue weighted by atomic mass is 9.94. The molecule has 0 spiro atoms. The molecule has 2 saturated heterocycles. The fourth-order valence-electron chi connectivity index (χ4n) is 4.50. The van der Waals surface area contributed by atoms with Crippen molar-refractivity contribution in [3.05, 3.63) is 53.6 Å². The predicted octanol–water partition coefficient (Wildman–Crippen LogP) is 5.00. The average molecular weight is 455 g/mol. The van der Waals surface area contributed by atoms with Crippen molar-refractivity contribution in [2.75, 3.05) is 19.6 Å². The lowest BCUT2D eigenvalue weighted by Crippen LogP contribution is -2.38. The summed E-state index contributed by atoms with van der Waals surface area (Å²) in [7, 11) is 0. The summed E-state index contributed by atoms with van der Waals surface area (Å²) in [5.41, 5.74) is 1.53. The van der Waals surface area contributed by atoms with E-state index < -0.39 is 5.60 Å². The van der Waals surface area contributed by atoms with Gasteiger partial charge in [0.1, 0.15) is 18.0 Å². The summed E-state index contributed by atoms with van der Waals surface area (Å²) < 4.78 is 11.0. The minimum absolute atomic E-state index is 0.0818. The molecule has 2 amide bonds. The molecular weight excluding hydrogens is 420 g/mol. The van der Waals surface area contributed by atoms with Gasteiger partial charge in [0.2, 0.25) is 0 Å². The van der Waals surface area contributed by atoms with Gasteiger partial charge >= 0.3 is 12.2 Å². The van der Waals surface area contributed by atoms with Crippen molar-refractivity contribution >= 4 is 12.2 Å². The summed E-state index contributed by atoms with van der Waals surface area (Å²) in [6, 6.07) is 9.63. The number of benzene rings is 1. The van der Waals surface area contributed by atoms with E-state index in [-0.39, 0.29) is 18.2 Å². The first-order valence-electron chi connectivity index (χ1n) is 11.8. The van der Waals surface area contributed by atoms with Crippen molar-refractivity contribution in [3.63, 3.8) is 0 Å². The molecule has 1 N–H and O–H groups in total. The molecule has 8 nitrogen and oxygen atoms in total. The number of imidazole rings is 1. The van der Waals surface area contributed by atoms with Crippen LogP contribution < -0.4 is 0 Å². The SMILES string of the molecule is CC(C)(C)OC(=O)N1CCC[C@@H]1c1ncc(C2CCN(C(=O)OCc3ccccc3)CC2)[nH]1. The van der Waals surface area contributed by atoms with E-state index in [0.717, 1.165) is 42.8 Å². The van der Waals surface area contributed by atoms with Crippen molar-refractivity contribution < 1.29 is 19.1 Å². The average Bonchev–Trinajstić information content (AvgIpc) is 3.47. The molecule has 0 bridgehead atoms. The number of ether oxygens (including phenoxy) is 2. The number of rotatable bonds is 4. The highest BCUT2D eigenvalue weighted by Gasteiger charge is 2.35. The van der Waals surface area contributed by atoms with Crippen LogP contribution >= 0.6 is 0 Å². The van der Waals surface area contributed by atoms with Crippen LogP contribution in [0.25, 0.3) is 0 Å². The zero-order valence-corrected chi connectivity index (χ0v) is 19.8. The quantitative estimate of drug-likeness (QED) is 0.703. The number of hydrogen-bond acceptors (Lipinski definition) is 5. The molecule has 0 saturated carbocycles. The zero-order valence-electron chi connectivity index (χ0n) is 19.8. The van der Waals surface area contributed by atoms with E-state index in [4.69, 9.17) is 9.47 Å². The number of H-pyrrole nitrogens is 1. The summed E-state index contributed by atoms with van der Waals surface area (Å²) in [4.78, 5) is 36.7. The predicted molar refractivity (Wildman–Crippen MR) is 124 cm³/mol. The van der Waals surface area contributed by atoms with E-state index in [2.05, 4.69) is 9.97 Å². The van der Waals surface area contributed by atoms with Gasteiger partial charge in [-0.1, -0.05) is 30.3 Å². The number of carbonyl (C=O) groups excluding carboxylic acids is 2. The van der Waals surface area contributed by atoms with E-state index in [0.29, 0.717) is 32.2 Å². The third kappa shape index (κ3) is 5.86. The topological polar surface area (TPSA) is 87.8 Å². The Labute approximate surface area is 195 Å². The van der Waals surface area contributed by atoms with Crippen LogP contribution in [0.1, 0.15) is 75.5 Å². The van der Waals surface area contributed by atoms with Gasteiger partial charge in [-0.25, -0.2) is 14.6 Å². The Morgan fingerprint density at radius 3 is 2.48 bits per heavy atom. The van der Waals surface area contributed by atoms with Crippen molar-refractivity contribution in [1.29, 1.82) is 0 Å². The largest absolute Gasteiger partial charge is 0.445 e. The molecule has 4 rings (SSSR count). The van der Waals surface area contributed by atoms with Gasteiger partial charge in [0.15, 0.2) is 0 Å². The van der Waals surface area contributed by atoms with Gasteiger partial charge in [-0.15, -0.1) is 0 Å². The second-order valence-corrected chi connectivity index (χ2v) is 9.86. The van der Waals surface area contributed by atoms with Crippen molar-refractivity contribution in [2.45, 2.75) is 70.6 Å². The monoisotopic (exact) mass is 454 g/mol. The Kier molecular flexibility index (Phi) is 6.91. The first-order valence-corrected chi connectivity index (χ1v) is 11.8. The van der Waals surface area contributed by atoms with E-state index >= 15 is 0 Å². The van der Waals surface area contributed by atoms with Crippen LogP contribution in [-0.4, -0.2) is 57.2 Å². The maximum Gasteiger partial charge on any atom is 0.410 e. The van der Waals surface area contributed by atoms with Crippen LogP contribution in [0, 0.1) is 0 Å². The first kappa shape index (κ1) is 23.1. The molecule has 8 heteroatoms. The molecule has 2 aliphatic heterocycles. The molecule has 3 heterocycles. The minimum Gasteiger partial charge on any atom is -0.445 e. The van der Waals surface area contributed by atoms with Gasteiger partial charge in [-0.3, -0.25) is 4.90 Å². The van der Waals surface area contributed by atoms with Crippen LogP contribution in [0.5, 0.6) is 0 Å². The van der Waals surface area contributed by atoms with Gasteiger partial charge in [0.05, 0.1) is 6.04 Å². The number of carbonyl (C=O) groups is 2. The molecule has 2 aromatic rings. The third-order valence-electron chi connectivity index (χ3n) is 6.21. The van der Waals surface area contributed by atoms with E-state index in [9.17, 15) is 9.59 Å². The Morgan fingerprint density at radius 2 is 1.79 bits per heavy atom. The van der Waals surface area contributed by atoms with Gasteiger partial charge in [-0.05, 0) is 52.0 Å². The zero-order chi connectivity index (χ0) is 23.4. The molecule has 178 valence electrons. The summed E-state index contributed by atoms with van der Waals surface area (Å²) in [5.74, 6) is 1.12. The smallest absolute Gasteiger partial charge is 0.410 e. The molecule has 2 fully saturated rings. The highest BCUT2D eigenvalue weighted by Crippen LogP contribution is 2.34. The highest BCUT2D eigenvalue weighted by molar-refractivity contribution is 5.69. The second kappa shape index (κ2) is 9.85. The summed E-state index contributed by atoms with van der Waals surface area (Å²) in [6.45, 7) is 7.92. The van der Waals surface area contributed by atoms with Gasteiger partial charge < -0.3 is 19.4 Å².